The van der Waals surface area contributed by atoms with Gasteiger partial charge in [0.05, 0.1) is 6.61 Å². The van der Waals surface area contributed by atoms with E-state index in [4.69, 9.17) is 4.74 Å². The van der Waals surface area contributed by atoms with Gasteiger partial charge < -0.3 is 4.74 Å². The largest absolute Gasteiger partial charge is 0.490 e. The number of rotatable bonds is 6. The first kappa shape index (κ1) is 19.4. The molecule has 2 aliphatic rings. The molecule has 2 saturated carbocycles. The highest BCUT2D eigenvalue weighted by molar-refractivity contribution is 5.33. The Labute approximate surface area is 156 Å². The van der Waals surface area contributed by atoms with Gasteiger partial charge in [0.15, 0.2) is 11.6 Å². The van der Waals surface area contributed by atoms with Crippen molar-refractivity contribution in [2.45, 2.75) is 70.6 Å². The van der Waals surface area contributed by atoms with E-state index in [0.29, 0.717) is 18.6 Å². The highest BCUT2D eigenvalue weighted by Gasteiger charge is 2.32. The average Bonchev–Trinajstić information content (AvgIpc) is 2.66. The van der Waals surface area contributed by atoms with Crippen molar-refractivity contribution in [2.24, 2.45) is 17.8 Å². The molecular formula is C23H32F2O. The molecule has 0 unspecified atom stereocenters. The van der Waals surface area contributed by atoms with Crippen LogP contribution in [0.3, 0.4) is 0 Å². The first-order chi connectivity index (χ1) is 12.6. The number of halogens is 2. The van der Waals surface area contributed by atoms with Crippen LogP contribution in [0.15, 0.2) is 24.8 Å². The molecule has 0 saturated heterocycles. The Kier molecular flexibility index (Phi) is 6.72. The summed E-state index contributed by atoms with van der Waals surface area (Å²) in [5.74, 6) is 1.13. The summed E-state index contributed by atoms with van der Waals surface area (Å²) in [6.45, 7) is 6.28. The minimum absolute atomic E-state index is 0.0121. The van der Waals surface area contributed by atoms with Gasteiger partial charge in [-0.15, -0.1) is 6.58 Å². The predicted octanol–water partition coefficient (Wildman–Crippen LogP) is 7.02. The highest BCUT2D eigenvalue weighted by Crippen LogP contribution is 2.44. The second kappa shape index (κ2) is 9.01. The van der Waals surface area contributed by atoms with Gasteiger partial charge in [0.25, 0.3) is 0 Å². The lowest BCUT2D eigenvalue weighted by Gasteiger charge is -2.37. The van der Waals surface area contributed by atoms with Crippen molar-refractivity contribution >= 4 is 0 Å². The molecule has 2 fully saturated rings. The molecule has 0 amide bonds. The Hall–Kier alpha value is -1.38. The summed E-state index contributed by atoms with van der Waals surface area (Å²) in [5.41, 5.74) is 0.536. The number of hydrogen-bond donors (Lipinski definition) is 0. The van der Waals surface area contributed by atoms with Gasteiger partial charge >= 0.3 is 0 Å². The van der Waals surface area contributed by atoms with Crippen LogP contribution in [0.25, 0.3) is 0 Å². The molecule has 0 aliphatic heterocycles. The van der Waals surface area contributed by atoms with E-state index in [0.717, 1.165) is 43.4 Å². The molecule has 1 aromatic carbocycles. The highest BCUT2D eigenvalue weighted by atomic mass is 19.2. The van der Waals surface area contributed by atoms with E-state index >= 15 is 0 Å². The summed E-state index contributed by atoms with van der Waals surface area (Å²) < 4.78 is 34.2. The topological polar surface area (TPSA) is 9.23 Å². The molecular weight excluding hydrogens is 330 g/mol. The molecule has 0 aromatic heterocycles. The standard InChI is InChI=1S/C23H32F2O/c1-3-4-15-26-21-14-13-20(22(24)23(21)25)19-11-9-18(10-12-19)17-7-5-16(2)6-8-17/h3,13-14,16-19H,1,4-12,15H2,2H3. The molecule has 1 nitrogen and oxygen atoms in total. The van der Waals surface area contributed by atoms with Crippen molar-refractivity contribution in [1.82, 2.24) is 0 Å². The van der Waals surface area contributed by atoms with E-state index in [1.807, 2.05) is 0 Å². The van der Waals surface area contributed by atoms with Gasteiger partial charge in [-0.2, -0.15) is 4.39 Å². The van der Waals surface area contributed by atoms with Crippen molar-refractivity contribution in [1.29, 1.82) is 0 Å². The van der Waals surface area contributed by atoms with Crippen molar-refractivity contribution in [2.75, 3.05) is 6.61 Å². The fourth-order valence-electron chi connectivity index (χ4n) is 4.88. The van der Waals surface area contributed by atoms with Crippen LogP contribution in [-0.2, 0) is 0 Å². The summed E-state index contributed by atoms with van der Waals surface area (Å²) >= 11 is 0. The lowest BCUT2D eigenvalue weighted by molar-refractivity contribution is 0.164. The van der Waals surface area contributed by atoms with Crippen LogP contribution < -0.4 is 4.74 Å². The minimum atomic E-state index is -0.838. The molecule has 2 aliphatic carbocycles. The van der Waals surface area contributed by atoms with Gasteiger partial charge in [-0.3, -0.25) is 0 Å². The number of benzene rings is 1. The van der Waals surface area contributed by atoms with Gasteiger partial charge in [0.2, 0.25) is 5.82 Å². The van der Waals surface area contributed by atoms with Crippen molar-refractivity contribution in [3.05, 3.63) is 42.0 Å². The Morgan fingerprint density at radius 2 is 1.58 bits per heavy atom. The van der Waals surface area contributed by atoms with E-state index in [1.165, 1.54) is 25.7 Å². The third-order valence-electron chi connectivity index (χ3n) is 6.60. The van der Waals surface area contributed by atoms with Gasteiger partial charge in [0, 0.05) is 0 Å². The summed E-state index contributed by atoms with van der Waals surface area (Å²) in [5, 5.41) is 0. The second-order valence-electron chi connectivity index (χ2n) is 8.34. The van der Waals surface area contributed by atoms with Gasteiger partial charge in [-0.05, 0) is 80.2 Å². The maximum absolute atomic E-state index is 14.6. The smallest absolute Gasteiger partial charge is 0.200 e. The fraction of sp³-hybridized carbons (Fsp3) is 0.652. The molecule has 0 atom stereocenters. The van der Waals surface area contributed by atoms with E-state index in [1.54, 1.807) is 18.2 Å². The Balaban J connectivity index is 1.58. The zero-order chi connectivity index (χ0) is 18.5. The third kappa shape index (κ3) is 4.47. The van der Waals surface area contributed by atoms with Crippen LogP contribution in [0.4, 0.5) is 8.78 Å². The average molecular weight is 363 g/mol. The SMILES string of the molecule is C=CCCOc1ccc(C2CCC(C3CCC(C)CC3)CC2)c(F)c1F. The fourth-order valence-corrected chi connectivity index (χ4v) is 4.88. The Morgan fingerprint density at radius 3 is 2.19 bits per heavy atom. The maximum Gasteiger partial charge on any atom is 0.200 e. The molecule has 0 spiro atoms. The van der Waals surface area contributed by atoms with E-state index in [9.17, 15) is 8.78 Å². The van der Waals surface area contributed by atoms with E-state index < -0.39 is 11.6 Å². The second-order valence-corrected chi connectivity index (χ2v) is 8.34. The summed E-state index contributed by atoms with van der Waals surface area (Å²) in [6, 6.07) is 3.32. The summed E-state index contributed by atoms with van der Waals surface area (Å²) in [6.07, 6.45) is 12.0. The quantitative estimate of drug-likeness (QED) is 0.390. The Bertz CT molecular complexity index is 596. The maximum atomic E-state index is 14.6. The Morgan fingerprint density at radius 1 is 0.962 bits per heavy atom. The molecule has 3 heteroatoms. The molecule has 3 rings (SSSR count). The van der Waals surface area contributed by atoms with E-state index in [2.05, 4.69) is 13.5 Å². The molecule has 0 heterocycles. The zero-order valence-electron chi connectivity index (χ0n) is 16.0. The van der Waals surface area contributed by atoms with Crippen molar-refractivity contribution in [3.63, 3.8) is 0 Å². The minimum Gasteiger partial charge on any atom is -0.490 e. The van der Waals surface area contributed by atoms with Gasteiger partial charge in [-0.25, -0.2) is 4.39 Å². The third-order valence-corrected chi connectivity index (χ3v) is 6.60. The first-order valence-corrected chi connectivity index (χ1v) is 10.3. The molecule has 0 N–H and O–H groups in total. The number of hydrogen-bond acceptors (Lipinski definition) is 1. The first-order valence-electron chi connectivity index (χ1n) is 10.3. The monoisotopic (exact) mass is 362 g/mol. The molecule has 0 bridgehead atoms. The van der Waals surface area contributed by atoms with Gasteiger partial charge in [-0.1, -0.05) is 31.9 Å². The van der Waals surface area contributed by atoms with Gasteiger partial charge in [0.1, 0.15) is 0 Å². The van der Waals surface area contributed by atoms with Crippen LogP contribution in [0.1, 0.15) is 76.2 Å². The van der Waals surface area contributed by atoms with E-state index in [-0.39, 0.29) is 11.7 Å². The van der Waals surface area contributed by atoms with Crippen molar-refractivity contribution < 1.29 is 13.5 Å². The predicted molar refractivity (Wildman–Crippen MR) is 102 cm³/mol. The van der Waals surface area contributed by atoms with Crippen molar-refractivity contribution in [3.8, 4) is 5.75 Å². The molecule has 1 aromatic rings. The van der Waals surface area contributed by atoms with Crippen LogP contribution >= 0.6 is 0 Å². The lowest BCUT2D eigenvalue weighted by Crippen LogP contribution is -2.25. The summed E-state index contributed by atoms with van der Waals surface area (Å²) in [4.78, 5) is 0. The summed E-state index contributed by atoms with van der Waals surface area (Å²) in [7, 11) is 0. The molecule has 0 radical (unpaired) electrons. The van der Waals surface area contributed by atoms with Crippen LogP contribution in [-0.4, -0.2) is 6.61 Å². The van der Waals surface area contributed by atoms with Crippen LogP contribution in [0.2, 0.25) is 0 Å². The lowest BCUT2D eigenvalue weighted by atomic mass is 9.68. The molecule has 26 heavy (non-hydrogen) atoms. The van der Waals surface area contributed by atoms with Crippen LogP contribution in [0.5, 0.6) is 5.75 Å². The normalized spacial score (nSPS) is 29.3. The number of ether oxygens (including phenoxy) is 1. The van der Waals surface area contributed by atoms with Crippen LogP contribution in [0, 0.1) is 29.4 Å². The molecule has 144 valence electrons. The zero-order valence-corrected chi connectivity index (χ0v) is 16.0.